The van der Waals surface area contributed by atoms with Gasteiger partial charge < -0.3 is 19.6 Å². The van der Waals surface area contributed by atoms with Crippen molar-refractivity contribution in [1.29, 1.82) is 0 Å². The number of hydrogen-bond donors (Lipinski definition) is 1. The number of amides is 1. The average molecular weight is 356 g/mol. The van der Waals surface area contributed by atoms with Gasteiger partial charge in [-0.2, -0.15) is 0 Å². The lowest BCUT2D eigenvalue weighted by molar-refractivity contribution is -0.114. The number of benzene rings is 2. The Balaban J connectivity index is 2.21. The van der Waals surface area contributed by atoms with Crippen molar-refractivity contribution in [2.75, 3.05) is 14.2 Å². The summed E-state index contributed by atoms with van der Waals surface area (Å²) in [5.41, 5.74) is 1.68. The third kappa shape index (κ3) is 5.24. The molecule has 1 amide bonds. The number of oxime groups is 1. The highest BCUT2D eigenvalue weighted by Crippen LogP contribution is 2.22. The third-order valence-electron chi connectivity index (χ3n) is 3.47. The normalized spacial score (nSPS) is 11.2. The largest absolute Gasteiger partial charge is 0.491 e. The molecule has 0 radical (unpaired) electrons. The maximum atomic E-state index is 12.1. The molecule has 2 aromatic rings. The molecular formula is C20H24N2O4. The van der Waals surface area contributed by atoms with E-state index in [2.05, 4.69) is 10.5 Å². The van der Waals surface area contributed by atoms with E-state index in [1.807, 2.05) is 62.4 Å². The van der Waals surface area contributed by atoms with Gasteiger partial charge in [-0.1, -0.05) is 35.5 Å². The van der Waals surface area contributed by atoms with Crippen molar-refractivity contribution in [1.82, 2.24) is 5.32 Å². The molecule has 0 spiro atoms. The molecule has 0 unspecified atom stereocenters. The maximum absolute atomic E-state index is 12.1. The van der Waals surface area contributed by atoms with E-state index in [1.54, 1.807) is 7.05 Å². The number of likely N-dealkylation sites (N-methyl/N-ethyl adjacent to an activating group) is 1. The van der Waals surface area contributed by atoms with Gasteiger partial charge in [0.1, 0.15) is 25.2 Å². The molecule has 0 bridgehead atoms. The van der Waals surface area contributed by atoms with Gasteiger partial charge in [-0.3, -0.25) is 4.79 Å². The van der Waals surface area contributed by atoms with Crippen LogP contribution in [0, 0.1) is 0 Å². The molecule has 0 aliphatic carbocycles. The molecule has 6 nitrogen and oxygen atoms in total. The van der Waals surface area contributed by atoms with Crippen LogP contribution in [-0.4, -0.2) is 31.9 Å². The van der Waals surface area contributed by atoms with Crippen molar-refractivity contribution in [3.63, 3.8) is 0 Å². The highest BCUT2D eigenvalue weighted by atomic mass is 16.6. The van der Waals surface area contributed by atoms with Crippen molar-refractivity contribution < 1.29 is 19.1 Å². The summed E-state index contributed by atoms with van der Waals surface area (Å²) in [7, 11) is 2.95. The first-order valence-electron chi connectivity index (χ1n) is 8.36. The summed E-state index contributed by atoms with van der Waals surface area (Å²) in [6, 6.07) is 14.9. The minimum Gasteiger partial charge on any atom is -0.491 e. The third-order valence-corrected chi connectivity index (χ3v) is 3.47. The van der Waals surface area contributed by atoms with Gasteiger partial charge >= 0.3 is 0 Å². The Labute approximate surface area is 153 Å². The van der Waals surface area contributed by atoms with Gasteiger partial charge in [-0.15, -0.1) is 0 Å². The van der Waals surface area contributed by atoms with Crippen molar-refractivity contribution >= 4 is 11.6 Å². The van der Waals surface area contributed by atoms with Gasteiger partial charge in [0.25, 0.3) is 5.91 Å². The van der Waals surface area contributed by atoms with Gasteiger partial charge in [0, 0.05) is 18.7 Å². The van der Waals surface area contributed by atoms with Gasteiger partial charge in [-0.25, -0.2) is 0 Å². The summed E-state index contributed by atoms with van der Waals surface area (Å²) in [4.78, 5) is 16.9. The van der Waals surface area contributed by atoms with Gasteiger partial charge in [0.05, 0.1) is 6.10 Å². The molecule has 0 atom stereocenters. The number of carbonyl (C=O) groups is 1. The summed E-state index contributed by atoms with van der Waals surface area (Å²) in [5.74, 6) is 1.10. The topological polar surface area (TPSA) is 69.2 Å². The van der Waals surface area contributed by atoms with Crippen molar-refractivity contribution in [2.45, 2.75) is 26.6 Å². The standard InChI is InChI=1S/C20H24N2O4/c1-14(2)26-17-10-7-9-16(12-17)25-13-15-8-5-6-11-18(15)19(22-24-4)20(23)21-3/h5-12,14H,13H2,1-4H3,(H,21,23). The molecule has 0 saturated heterocycles. The number of carbonyl (C=O) groups excluding carboxylic acids is 1. The SMILES string of the molecule is CNC(=O)C(=NOC)c1ccccc1COc1cccc(OC(C)C)c1. The van der Waals surface area contributed by atoms with Crippen molar-refractivity contribution in [3.05, 3.63) is 59.7 Å². The molecule has 0 fully saturated rings. The molecule has 0 aliphatic heterocycles. The average Bonchev–Trinajstić information content (AvgIpc) is 2.64. The summed E-state index contributed by atoms with van der Waals surface area (Å²) in [6.45, 7) is 4.22. The molecule has 0 aromatic heterocycles. The molecule has 1 N–H and O–H groups in total. The molecule has 2 aromatic carbocycles. The van der Waals surface area contributed by atoms with E-state index in [4.69, 9.17) is 14.3 Å². The van der Waals surface area contributed by atoms with E-state index in [0.29, 0.717) is 11.3 Å². The second-order valence-electron chi connectivity index (χ2n) is 5.79. The van der Waals surface area contributed by atoms with E-state index >= 15 is 0 Å². The monoisotopic (exact) mass is 356 g/mol. The van der Waals surface area contributed by atoms with Crippen LogP contribution in [0.5, 0.6) is 11.5 Å². The highest BCUT2D eigenvalue weighted by molar-refractivity contribution is 6.45. The molecule has 2 rings (SSSR count). The van der Waals surface area contributed by atoms with Gasteiger partial charge in [-0.05, 0) is 31.5 Å². The molecule has 26 heavy (non-hydrogen) atoms. The van der Waals surface area contributed by atoms with Crippen LogP contribution in [0.25, 0.3) is 0 Å². The lowest BCUT2D eigenvalue weighted by atomic mass is 10.0. The van der Waals surface area contributed by atoms with E-state index in [1.165, 1.54) is 7.11 Å². The fraction of sp³-hybridized carbons (Fsp3) is 0.300. The number of nitrogens with one attached hydrogen (secondary N) is 1. The van der Waals surface area contributed by atoms with E-state index < -0.39 is 0 Å². The Hall–Kier alpha value is -3.02. The number of hydrogen-bond acceptors (Lipinski definition) is 5. The number of ether oxygens (including phenoxy) is 2. The highest BCUT2D eigenvalue weighted by Gasteiger charge is 2.17. The Morgan fingerprint density at radius 1 is 1.12 bits per heavy atom. The minimum atomic E-state index is -0.327. The van der Waals surface area contributed by atoms with Crippen LogP contribution in [0.4, 0.5) is 0 Å². The zero-order valence-electron chi connectivity index (χ0n) is 15.5. The van der Waals surface area contributed by atoms with Crippen LogP contribution in [0.1, 0.15) is 25.0 Å². The molecule has 6 heteroatoms. The second-order valence-corrected chi connectivity index (χ2v) is 5.79. The Kier molecular flexibility index (Phi) is 7.02. The first kappa shape index (κ1) is 19.3. The maximum Gasteiger partial charge on any atom is 0.273 e. The number of rotatable bonds is 8. The second kappa shape index (κ2) is 9.46. The van der Waals surface area contributed by atoms with Crippen molar-refractivity contribution in [3.8, 4) is 11.5 Å². The van der Waals surface area contributed by atoms with Crippen LogP contribution in [0.3, 0.4) is 0 Å². The Morgan fingerprint density at radius 3 is 2.54 bits per heavy atom. The lowest BCUT2D eigenvalue weighted by Gasteiger charge is -2.14. The van der Waals surface area contributed by atoms with E-state index in [9.17, 15) is 4.79 Å². The summed E-state index contributed by atoms with van der Waals surface area (Å²) in [5, 5.41) is 6.42. The summed E-state index contributed by atoms with van der Waals surface area (Å²) < 4.78 is 11.6. The zero-order valence-corrected chi connectivity index (χ0v) is 15.5. The first-order chi connectivity index (χ1) is 12.5. The van der Waals surface area contributed by atoms with E-state index in [-0.39, 0.29) is 24.3 Å². The fourth-order valence-electron chi connectivity index (χ4n) is 2.37. The van der Waals surface area contributed by atoms with Gasteiger partial charge in [0.15, 0.2) is 5.71 Å². The predicted octanol–water partition coefficient (Wildman–Crippen LogP) is 3.15. The zero-order chi connectivity index (χ0) is 18.9. The number of nitrogens with zero attached hydrogens (tertiary/aromatic N) is 1. The lowest BCUT2D eigenvalue weighted by Crippen LogP contribution is -2.29. The summed E-state index contributed by atoms with van der Waals surface area (Å²) in [6.07, 6.45) is 0.0892. The molecule has 0 heterocycles. The fourth-order valence-corrected chi connectivity index (χ4v) is 2.37. The Bertz CT molecular complexity index is 772. The van der Waals surface area contributed by atoms with Crippen LogP contribution in [0.15, 0.2) is 53.7 Å². The van der Waals surface area contributed by atoms with E-state index in [0.717, 1.165) is 11.3 Å². The Morgan fingerprint density at radius 2 is 1.85 bits per heavy atom. The predicted molar refractivity (Wildman–Crippen MR) is 101 cm³/mol. The smallest absolute Gasteiger partial charge is 0.273 e. The van der Waals surface area contributed by atoms with Gasteiger partial charge in [0.2, 0.25) is 0 Å². The van der Waals surface area contributed by atoms with Crippen LogP contribution < -0.4 is 14.8 Å². The van der Waals surface area contributed by atoms with Crippen molar-refractivity contribution in [2.24, 2.45) is 5.16 Å². The molecular weight excluding hydrogens is 332 g/mol. The van der Waals surface area contributed by atoms with Crippen LogP contribution in [-0.2, 0) is 16.2 Å². The molecule has 0 aliphatic rings. The minimum absolute atomic E-state index is 0.0892. The first-order valence-corrected chi connectivity index (χ1v) is 8.36. The summed E-state index contributed by atoms with van der Waals surface area (Å²) >= 11 is 0. The van der Waals surface area contributed by atoms with Crippen LogP contribution in [0.2, 0.25) is 0 Å². The quantitative estimate of drug-likeness (QED) is 0.583. The molecule has 138 valence electrons. The van der Waals surface area contributed by atoms with Crippen LogP contribution >= 0.6 is 0 Å². The molecule has 0 saturated carbocycles.